The number of hydrogen-bond acceptors (Lipinski definition) is 20. The number of nitriles is 4. The summed E-state index contributed by atoms with van der Waals surface area (Å²) in [6, 6.07) is 12.2. The van der Waals surface area contributed by atoms with Gasteiger partial charge in [0.05, 0.1) is 54.5 Å². The molecule has 7 amide bonds. The highest BCUT2D eigenvalue weighted by Crippen LogP contribution is 2.31. The van der Waals surface area contributed by atoms with Gasteiger partial charge in [-0.1, -0.05) is 118 Å². The van der Waals surface area contributed by atoms with E-state index in [9.17, 15) is 33.6 Å². The summed E-state index contributed by atoms with van der Waals surface area (Å²) in [6.07, 6.45) is 21.4. The first kappa shape index (κ1) is 116. The zero-order chi connectivity index (χ0) is 96.1. The number of carbonyl (C=O) groups is 7. The number of nitrogens with one attached hydrogen (secondary N) is 2. The first-order valence-electron chi connectivity index (χ1n) is 50.6. The number of amides is 7. The molecule has 0 aliphatic carbocycles. The lowest BCUT2D eigenvalue weighted by atomic mass is 9.91. The van der Waals surface area contributed by atoms with Gasteiger partial charge < -0.3 is 49.8 Å². The molecular formula is C102H187N19O7S. The Bertz CT molecular complexity index is 3360. The van der Waals surface area contributed by atoms with Crippen LogP contribution in [0.4, 0.5) is 0 Å². The molecule has 4 unspecified atom stereocenters. The average Bonchev–Trinajstić information content (AvgIpc) is 0.900. The molecule has 10 saturated heterocycles. The maximum atomic E-state index is 12.2. The molecule has 4 atom stereocenters. The van der Waals surface area contributed by atoms with Gasteiger partial charge in [-0.2, -0.15) is 32.8 Å². The maximum absolute atomic E-state index is 12.2. The fraction of sp³-hybridized carbons (Fsp3) is 0.892. The molecular weight excluding hydrogens is 1640 g/mol. The van der Waals surface area contributed by atoms with Crippen LogP contribution >= 0.6 is 11.8 Å². The molecule has 129 heavy (non-hydrogen) atoms. The number of piperidine rings is 7. The van der Waals surface area contributed by atoms with Crippen molar-refractivity contribution in [2.45, 2.75) is 303 Å². The van der Waals surface area contributed by atoms with Crippen LogP contribution in [0.5, 0.6) is 0 Å². The number of piperazine rings is 1. The number of likely N-dealkylation sites (N-methyl/N-ethyl adjacent to an activating group) is 1. The summed E-state index contributed by atoms with van der Waals surface area (Å²) in [5.41, 5.74) is 0.624. The Balaban J connectivity index is 0.000000319. The zero-order valence-electron chi connectivity index (χ0n) is 86.0. The molecule has 10 rings (SSSR count). The predicted molar refractivity (Wildman–Crippen MR) is 527 cm³/mol. The van der Waals surface area contributed by atoms with Gasteiger partial charge in [0.1, 0.15) is 0 Å². The Morgan fingerprint density at radius 2 is 0.791 bits per heavy atom. The van der Waals surface area contributed by atoms with Crippen molar-refractivity contribution in [1.29, 1.82) is 21.0 Å². The molecule has 0 bridgehead atoms. The second-order valence-corrected chi connectivity index (χ2v) is 45.9. The van der Waals surface area contributed by atoms with E-state index in [1.165, 1.54) is 56.7 Å². The van der Waals surface area contributed by atoms with Gasteiger partial charge in [-0.25, -0.2) is 0 Å². The second-order valence-electron chi connectivity index (χ2n) is 44.7. The third kappa shape index (κ3) is 48.4. The van der Waals surface area contributed by atoms with Crippen LogP contribution in [-0.2, 0) is 33.6 Å². The van der Waals surface area contributed by atoms with Crippen molar-refractivity contribution in [3.05, 3.63) is 0 Å². The highest BCUT2D eigenvalue weighted by molar-refractivity contribution is 7.99. The average molecular weight is 1820 g/mol. The monoisotopic (exact) mass is 1820 g/mol. The maximum Gasteiger partial charge on any atom is 0.236 e. The van der Waals surface area contributed by atoms with E-state index in [0.29, 0.717) is 122 Å². The van der Waals surface area contributed by atoms with Crippen molar-refractivity contribution >= 4 is 53.1 Å². The third-order valence-corrected chi connectivity index (χ3v) is 27.7. The smallest absolute Gasteiger partial charge is 0.236 e. The SMILES string of the molecule is CC(C#N)CN(C)C1CCN(C(=O)CC(C)(C)C)CC1.CC(C)(C)CC(=O)N1CCC(N2CCC(C#N)C2)CC1.CC(C)CC(=O)N1CCC(N2CCCC(C#N)C2)CC1.CC(C)CC(=O)N1CCC(N2CCSCC2)CC1.CC(C)CC(=O)N1CCC(NCC(C)C#N)CC1.CC(C)CC(=O)N1CCN(CC2CCN(CC(=O)N(C)C)CC2)CC1.CNCCC(C)(C)C. The largest absolute Gasteiger partial charge is 0.348 e. The molecule has 0 aromatic rings. The Kier molecular flexibility index (Phi) is 54.3. The summed E-state index contributed by atoms with van der Waals surface area (Å²) < 4.78 is 0. The van der Waals surface area contributed by atoms with Gasteiger partial charge in [-0.3, -0.25) is 58.1 Å². The highest BCUT2D eigenvalue weighted by atomic mass is 32.2. The summed E-state index contributed by atoms with van der Waals surface area (Å²) in [5, 5.41) is 42.2. The van der Waals surface area contributed by atoms with Crippen LogP contribution in [0.15, 0.2) is 0 Å². The zero-order valence-corrected chi connectivity index (χ0v) is 86.8. The number of carbonyl (C=O) groups excluding carboxylic acids is 7. The lowest BCUT2D eigenvalue weighted by Gasteiger charge is -2.41. The summed E-state index contributed by atoms with van der Waals surface area (Å²) in [6.45, 7) is 65.7. The molecule has 0 aromatic carbocycles. The highest BCUT2D eigenvalue weighted by Gasteiger charge is 2.37. The van der Waals surface area contributed by atoms with Gasteiger partial charge in [0.2, 0.25) is 41.4 Å². The Morgan fingerprint density at radius 1 is 0.411 bits per heavy atom. The molecule has 0 spiro atoms. The van der Waals surface area contributed by atoms with Crippen molar-refractivity contribution < 1.29 is 33.6 Å². The minimum Gasteiger partial charge on any atom is -0.348 e. The number of thioether (sulfide) groups is 1. The molecule has 27 heteroatoms. The molecule has 10 aliphatic heterocycles. The van der Waals surface area contributed by atoms with E-state index >= 15 is 0 Å². The summed E-state index contributed by atoms with van der Waals surface area (Å²) in [7, 11) is 7.72. The fourth-order valence-corrected chi connectivity index (χ4v) is 19.6. The molecule has 26 nitrogen and oxygen atoms in total. The van der Waals surface area contributed by atoms with Gasteiger partial charge in [0.25, 0.3) is 0 Å². The minimum absolute atomic E-state index is 0.0607. The Morgan fingerprint density at radius 3 is 1.16 bits per heavy atom. The topological polar surface area (TPSA) is 281 Å². The first-order chi connectivity index (χ1) is 60.8. The molecule has 0 saturated carbocycles. The van der Waals surface area contributed by atoms with E-state index in [-0.39, 0.29) is 52.2 Å². The Hall–Kier alpha value is -5.72. The van der Waals surface area contributed by atoms with E-state index in [2.05, 4.69) is 206 Å². The van der Waals surface area contributed by atoms with Crippen LogP contribution in [0.1, 0.15) is 273 Å². The summed E-state index contributed by atoms with van der Waals surface area (Å²) in [4.78, 5) is 113. The van der Waals surface area contributed by atoms with Crippen LogP contribution in [0, 0.1) is 115 Å². The molecule has 10 heterocycles. The van der Waals surface area contributed by atoms with Crippen molar-refractivity contribution in [3.8, 4) is 24.3 Å². The lowest BCUT2D eigenvalue weighted by molar-refractivity contribution is -0.135. The number of rotatable bonds is 25. The standard InChI is InChI=1S/C19H36N4O2.2C16H27N3O.C16H29N3O.C14H25N3O.C14H26N2OS.C7H17N/c1-16(2)13-18(24)23-11-9-22(10-12-23)14-17-5-7-21(8-6-17)15-19(25)20(3)4;1-16(2,3)10-15(20)18-8-5-14(6-9-18)19-7-4-13(11-17)12-19;1-13(2)10-16(20)18-8-5-15(6-9-18)19-7-3-4-14(11-17)12-19;1-13(11-17)12-18(5)14-6-8-19(9-7-14)15(20)10-16(2,3)4;1-11(2)8-14(18)17-6-4-13(5-7-17)16-10-12(3)9-15;1-12(2)11-14(17)16-5-3-13(4-6-16)15-7-9-18-10-8-15;1-7(2,3)5-6-8-4/h16-17H,5-15H2,1-4H3;13-14H,4-10,12H2,1-3H3;13-15H,3-10,12H2,1-2H3;13-14H,6-10,12H2,1-5H3;11-13,16H,4-8,10H2,1-3H3;12-13H,3-11H2,1-2H3;8H,5-6H2,1-4H3. The van der Waals surface area contributed by atoms with E-state index in [0.717, 1.165) is 240 Å². The van der Waals surface area contributed by atoms with Crippen LogP contribution < -0.4 is 10.6 Å². The van der Waals surface area contributed by atoms with E-state index < -0.39 is 0 Å². The predicted octanol–water partition coefficient (Wildman–Crippen LogP) is 13.5. The van der Waals surface area contributed by atoms with Crippen molar-refractivity contribution in [2.75, 3.05) is 216 Å². The normalized spacial score (nSPS) is 21.6. The van der Waals surface area contributed by atoms with E-state index in [1.807, 2.05) is 59.5 Å². The van der Waals surface area contributed by atoms with Crippen molar-refractivity contribution in [3.63, 3.8) is 0 Å². The quantitative estimate of drug-likeness (QED) is 0.0859. The van der Waals surface area contributed by atoms with Crippen LogP contribution in [0.2, 0.25) is 0 Å². The molecule has 0 radical (unpaired) electrons. The molecule has 0 aromatic heterocycles. The van der Waals surface area contributed by atoms with E-state index in [4.69, 9.17) is 21.0 Å². The summed E-state index contributed by atoms with van der Waals surface area (Å²) in [5.74, 6) is 7.70. The van der Waals surface area contributed by atoms with Gasteiger partial charge in [0, 0.05) is 232 Å². The molecule has 738 valence electrons. The lowest BCUT2D eigenvalue weighted by Crippen LogP contribution is -2.51. The molecule has 10 fully saturated rings. The van der Waals surface area contributed by atoms with E-state index in [1.54, 1.807) is 4.90 Å². The van der Waals surface area contributed by atoms with Gasteiger partial charge in [-0.15, -0.1) is 0 Å². The second kappa shape index (κ2) is 60.6. The van der Waals surface area contributed by atoms with Gasteiger partial charge in [-0.05, 0) is 209 Å². The first-order valence-corrected chi connectivity index (χ1v) is 51.7. The van der Waals surface area contributed by atoms with Gasteiger partial charge in [0.15, 0.2) is 0 Å². The van der Waals surface area contributed by atoms with Crippen molar-refractivity contribution in [1.82, 2.24) is 74.3 Å². The van der Waals surface area contributed by atoms with Gasteiger partial charge >= 0.3 is 0 Å². The fourth-order valence-electron chi connectivity index (χ4n) is 18.7. The number of nitrogens with zero attached hydrogens (tertiary/aromatic N) is 17. The van der Waals surface area contributed by atoms with Crippen LogP contribution in [0.25, 0.3) is 0 Å². The molecule has 10 aliphatic rings. The Labute approximate surface area is 790 Å². The number of hydrogen-bond donors (Lipinski definition) is 2. The van der Waals surface area contributed by atoms with Crippen molar-refractivity contribution in [2.24, 2.45) is 69.5 Å². The summed E-state index contributed by atoms with van der Waals surface area (Å²) >= 11 is 2.07. The number of likely N-dealkylation sites (tertiary alicyclic amines) is 8. The molecule has 2 N–H and O–H groups in total. The third-order valence-electron chi connectivity index (χ3n) is 26.7. The minimum atomic E-state index is 0.0607. The van der Waals surface area contributed by atoms with Crippen LogP contribution in [0.3, 0.4) is 0 Å². The van der Waals surface area contributed by atoms with Crippen LogP contribution in [-0.4, -0.2) is 352 Å².